The highest BCUT2D eigenvalue weighted by molar-refractivity contribution is 5.97. The van der Waals surface area contributed by atoms with Gasteiger partial charge in [0.2, 0.25) is 0 Å². The summed E-state index contributed by atoms with van der Waals surface area (Å²) >= 11 is 0. The Morgan fingerprint density at radius 2 is 1.19 bits per heavy atom. The van der Waals surface area contributed by atoms with Crippen LogP contribution in [-0.4, -0.2) is 19.0 Å². The fraction of sp³-hybridized carbons (Fsp3) is 0.111. The zero-order valence-electron chi connectivity index (χ0n) is 17.9. The van der Waals surface area contributed by atoms with Crippen LogP contribution in [0.15, 0.2) is 92.0 Å². The number of esters is 2. The third-order valence-electron chi connectivity index (χ3n) is 4.69. The van der Waals surface area contributed by atoms with Gasteiger partial charge in [-0.25, -0.2) is 9.59 Å². The van der Waals surface area contributed by atoms with Gasteiger partial charge in [-0.1, -0.05) is 48.6 Å². The van der Waals surface area contributed by atoms with Crippen molar-refractivity contribution in [2.75, 3.05) is 7.11 Å². The van der Waals surface area contributed by atoms with Crippen LogP contribution in [0.1, 0.15) is 31.8 Å². The van der Waals surface area contributed by atoms with Crippen LogP contribution in [0.4, 0.5) is 0 Å². The van der Waals surface area contributed by atoms with Crippen LogP contribution in [0.25, 0.3) is 0 Å². The van der Waals surface area contributed by atoms with E-state index in [1.54, 1.807) is 36.4 Å². The van der Waals surface area contributed by atoms with Crippen LogP contribution < -0.4 is 14.2 Å². The van der Waals surface area contributed by atoms with Crippen molar-refractivity contribution in [1.82, 2.24) is 0 Å². The number of para-hydroxylation sites is 2. The quantitative estimate of drug-likeness (QED) is 0.253. The fourth-order valence-corrected chi connectivity index (χ4v) is 3.13. The molecular formula is C27H24O5. The lowest BCUT2D eigenvalue weighted by molar-refractivity contribution is 0.0732. The predicted molar refractivity (Wildman–Crippen MR) is 124 cm³/mol. The first kappa shape index (κ1) is 22.6. The Morgan fingerprint density at radius 3 is 1.59 bits per heavy atom. The van der Waals surface area contributed by atoms with Crippen LogP contribution in [0, 0.1) is 0 Å². The van der Waals surface area contributed by atoms with Crippen molar-refractivity contribution in [3.05, 3.63) is 114 Å². The van der Waals surface area contributed by atoms with E-state index in [2.05, 4.69) is 13.2 Å². The van der Waals surface area contributed by atoms with E-state index in [1.807, 2.05) is 24.3 Å². The predicted octanol–water partition coefficient (Wildman–Crippen LogP) is 5.59. The van der Waals surface area contributed by atoms with Crippen LogP contribution in [0.2, 0.25) is 0 Å². The molecule has 162 valence electrons. The first-order valence-corrected chi connectivity index (χ1v) is 10.1. The SMILES string of the molecule is C=CCc1ccccc1OC(=O)c1cc(OC)cc(C(=O)Oc2ccccc2CC=C)c1. The van der Waals surface area contributed by atoms with Gasteiger partial charge in [0.15, 0.2) is 0 Å². The standard InChI is InChI=1S/C27H24O5/c1-4-10-19-12-6-8-14-24(19)31-26(28)21-16-22(18-23(17-21)30-3)27(29)32-25-15-9-7-13-20(25)11-5-2/h4-9,12-18H,1-2,10-11H2,3H3. The second kappa shape index (κ2) is 10.8. The van der Waals surface area contributed by atoms with E-state index in [0.29, 0.717) is 30.1 Å². The molecule has 0 saturated heterocycles. The molecule has 0 atom stereocenters. The lowest BCUT2D eigenvalue weighted by atomic mass is 10.1. The lowest BCUT2D eigenvalue weighted by Crippen LogP contribution is -2.14. The zero-order chi connectivity index (χ0) is 22.9. The Labute approximate surface area is 187 Å². The molecule has 0 N–H and O–H groups in total. The van der Waals surface area contributed by atoms with E-state index in [1.165, 1.54) is 25.3 Å². The number of ether oxygens (including phenoxy) is 3. The molecule has 0 spiro atoms. The summed E-state index contributed by atoms with van der Waals surface area (Å²) in [6.07, 6.45) is 4.58. The van der Waals surface area contributed by atoms with Gasteiger partial charge in [-0.05, 0) is 54.3 Å². The molecule has 0 amide bonds. The summed E-state index contributed by atoms with van der Waals surface area (Å²) in [5.41, 5.74) is 2.00. The molecule has 0 heterocycles. The van der Waals surface area contributed by atoms with Gasteiger partial charge in [-0.3, -0.25) is 0 Å². The number of carbonyl (C=O) groups is 2. The molecule has 3 rings (SSSR count). The summed E-state index contributed by atoms with van der Waals surface area (Å²) in [4.78, 5) is 25.7. The smallest absolute Gasteiger partial charge is 0.343 e. The Balaban J connectivity index is 1.87. The first-order valence-electron chi connectivity index (χ1n) is 10.1. The minimum Gasteiger partial charge on any atom is -0.497 e. The fourth-order valence-electron chi connectivity index (χ4n) is 3.13. The number of benzene rings is 3. The Morgan fingerprint density at radius 1 is 0.750 bits per heavy atom. The number of hydrogen-bond acceptors (Lipinski definition) is 5. The van der Waals surface area contributed by atoms with Gasteiger partial charge in [0.1, 0.15) is 17.2 Å². The van der Waals surface area contributed by atoms with Gasteiger partial charge in [0, 0.05) is 0 Å². The number of rotatable bonds is 9. The maximum absolute atomic E-state index is 12.8. The molecule has 0 aliphatic carbocycles. The summed E-state index contributed by atoms with van der Waals surface area (Å²) in [6, 6.07) is 18.9. The molecule has 0 fully saturated rings. The van der Waals surface area contributed by atoms with E-state index < -0.39 is 11.9 Å². The number of hydrogen-bond donors (Lipinski definition) is 0. The average molecular weight is 428 g/mol. The Bertz CT molecular complexity index is 1060. The van der Waals surface area contributed by atoms with Crippen molar-refractivity contribution < 1.29 is 23.8 Å². The largest absolute Gasteiger partial charge is 0.497 e. The first-order chi connectivity index (χ1) is 15.5. The van der Waals surface area contributed by atoms with E-state index in [9.17, 15) is 9.59 Å². The molecule has 0 unspecified atom stereocenters. The molecule has 3 aromatic rings. The molecule has 32 heavy (non-hydrogen) atoms. The summed E-state index contributed by atoms with van der Waals surface area (Å²) in [5.74, 6) is -0.0152. The summed E-state index contributed by atoms with van der Waals surface area (Å²) in [5, 5.41) is 0. The highest BCUT2D eigenvalue weighted by Crippen LogP contribution is 2.25. The normalized spacial score (nSPS) is 10.2. The highest BCUT2D eigenvalue weighted by atomic mass is 16.5. The molecule has 0 saturated carbocycles. The Kier molecular flexibility index (Phi) is 7.60. The summed E-state index contributed by atoms with van der Waals surface area (Å²) < 4.78 is 16.4. The molecule has 5 heteroatoms. The number of carbonyl (C=O) groups excluding carboxylic acids is 2. The van der Waals surface area contributed by atoms with Crippen molar-refractivity contribution in [2.24, 2.45) is 0 Å². The zero-order valence-corrected chi connectivity index (χ0v) is 17.9. The van der Waals surface area contributed by atoms with Gasteiger partial charge in [0.05, 0.1) is 18.2 Å². The van der Waals surface area contributed by atoms with Crippen molar-refractivity contribution >= 4 is 11.9 Å². The molecule has 0 aliphatic heterocycles. The van der Waals surface area contributed by atoms with Gasteiger partial charge in [0.25, 0.3) is 0 Å². The van der Waals surface area contributed by atoms with Gasteiger partial charge in [-0.2, -0.15) is 0 Å². The highest BCUT2D eigenvalue weighted by Gasteiger charge is 2.18. The van der Waals surface area contributed by atoms with Gasteiger partial charge < -0.3 is 14.2 Å². The van der Waals surface area contributed by atoms with Crippen molar-refractivity contribution in [2.45, 2.75) is 12.8 Å². The minimum atomic E-state index is -0.610. The molecule has 0 bridgehead atoms. The Hall–Kier alpha value is -4.12. The van der Waals surface area contributed by atoms with Crippen molar-refractivity contribution in [3.8, 4) is 17.2 Å². The van der Waals surface area contributed by atoms with Crippen molar-refractivity contribution in [3.63, 3.8) is 0 Å². The molecule has 0 radical (unpaired) electrons. The summed E-state index contributed by atoms with van der Waals surface area (Å²) in [7, 11) is 1.46. The number of allylic oxidation sites excluding steroid dienone is 2. The van der Waals surface area contributed by atoms with Gasteiger partial charge in [-0.15, -0.1) is 13.2 Å². The molecule has 0 aromatic heterocycles. The summed E-state index contributed by atoms with van der Waals surface area (Å²) in [6.45, 7) is 7.45. The van der Waals surface area contributed by atoms with Crippen LogP contribution in [0.3, 0.4) is 0 Å². The minimum absolute atomic E-state index is 0.170. The van der Waals surface area contributed by atoms with Crippen LogP contribution in [0.5, 0.6) is 17.2 Å². The third-order valence-corrected chi connectivity index (χ3v) is 4.69. The van der Waals surface area contributed by atoms with E-state index in [0.717, 1.165) is 11.1 Å². The maximum atomic E-state index is 12.8. The second-order valence-corrected chi connectivity index (χ2v) is 6.93. The molecular weight excluding hydrogens is 404 g/mol. The molecule has 5 nitrogen and oxygen atoms in total. The average Bonchev–Trinajstić information content (AvgIpc) is 2.81. The molecule has 0 aliphatic rings. The van der Waals surface area contributed by atoms with Crippen LogP contribution in [-0.2, 0) is 12.8 Å². The van der Waals surface area contributed by atoms with E-state index >= 15 is 0 Å². The lowest BCUT2D eigenvalue weighted by Gasteiger charge is -2.12. The second-order valence-electron chi connectivity index (χ2n) is 6.93. The maximum Gasteiger partial charge on any atom is 0.343 e. The van der Waals surface area contributed by atoms with Crippen molar-refractivity contribution in [1.29, 1.82) is 0 Å². The van der Waals surface area contributed by atoms with Crippen LogP contribution >= 0.6 is 0 Å². The van der Waals surface area contributed by atoms with E-state index in [-0.39, 0.29) is 11.1 Å². The topological polar surface area (TPSA) is 61.8 Å². The number of methoxy groups -OCH3 is 1. The van der Waals surface area contributed by atoms with Gasteiger partial charge >= 0.3 is 11.9 Å². The third kappa shape index (κ3) is 5.52. The monoisotopic (exact) mass is 428 g/mol. The molecule has 3 aromatic carbocycles. The van der Waals surface area contributed by atoms with E-state index in [4.69, 9.17) is 14.2 Å².